The highest BCUT2D eigenvalue weighted by Crippen LogP contribution is 2.21. The van der Waals surface area contributed by atoms with E-state index in [1.807, 2.05) is 19.2 Å². The van der Waals surface area contributed by atoms with Gasteiger partial charge >= 0.3 is 5.97 Å². The van der Waals surface area contributed by atoms with Gasteiger partial charge in [-0.3, -0.25) is 9.69 Å². The van der Waals surface area contributed by atoms with Gasteiger partial charge in [0.2, 0.25) is 0 Å². The van der Waals surface area contributed by atoms with Crippen LogP contribution in [-0.2, 0) is 16.1 Å². The number of carbonyl (C=O) groups is 1. The third-order valence-electron chi connectivity index (χ3n) is 3.41. The predicted octanol–water partition coefficient (Wildman–Crippen LogP) is 1.65. The third-order valence-corrected chi connectivity index (χ3v) is 3.41. The molecule has 2 heterocycles. The smallest absolute Gasteiger partial charge is 0.323 e. The highest BCUT2D eigenvalue weighted by atomic mass is 16.5. The summed E-state index contributed by atoms with van der Waals surface area (Å²) < 4.78 is 4.85. The molecule has 1 unspecified atom stereocenters. The molecule has 0 aliphatic carbocycles. The van der Waals surface area contributed by atoms with Crippen LogP contribution in [0.2, 0.25) is 0 Å². The average Bonchev–Trinajstić information content (AvgIpc) is 2.88. The van der Waals surface area contributed by atoms with Crippen LogP contribution in [0.3, 0.4) is 0 Å². The summed E-state index contributed by atoms with van der Waals surface area (Å²) in [6.07, 6.45) is 3.79. The summed E-state index contributed by atoms with van der Waals surface area (Å²) in [5.41, 5.74) is 1.12. The zero-order chi connectivity index (χ0) is 13.7. The van der Waals surface area contributed by atoms with E-state index >= 15 is 0 Å². The molecule has 1 aliphatic rings. The van der Waals surface area contributed by atoms with Gasteiger partial charge in [-0.1, -0.05) is 6.07 Å². The van der Waals surface area contributed by atoms with Gasteiger partial charge in [0.15, 0.2) is 0 Å². The van der Waals surface area contributed by atoms with Gasteiger partial charge in [-0.15, -0.1) is 0 Å². The van der Waals surface area contributed by atoms with Gasteiger partial charge in [-0.2, -0.15) is 0 Å². The lowest BCUT2D eigenvalue weighted by atomic mass is 10.2. The van der Waals surface area contributed by atoms with Crippen LogP contribution in [0.1, 0.15) is 25.3 Å². The van der Waals surface area contributed by atoms with E-state index in [0.29, 0.717) is 0 Å². The number of methoxy groups -OCH3 is 1. The molecule has 1 saturated heterocycles. The number of likely N-dealkylation sites (tertiary alicyclic amines) is 1. The van der Waals surface area contributed by atoms with Crippen molar-refractivity contribution in [1.29, 1.82) is 0 Å². The van der Waals surface area contributed by atoms with Crippen molar-refractivity contribution < 1.29 is 9.53 Å². The third kappa shape index (κ3) is 3.44. The maximum atomic E-state index is 11.7. The lowest BCUT2D eigenvalue weighted by Crippen LogP contribution is -2.36. The van der Waals surface area contributed by atoms with Gasteiger partial charge in [0, 0.05) is 19.3 Å². The zero-order valence-corrected chi connectivity index (χ0v) is 11.6. The number of pyridine rings is 1. The van der Waals surface area contributed by atoms with E-state index in [2.05, 4.69) is 21.3 Å². The van der Waals surface area contributed by atoms with Crippen LogP contribution in [0.4, 0.5) is 5.82 Å². The first kappa shape index (κ1) is 13.8. The van der Waals surface area contributed by atoms with Crippen LogP contribution in [-0.4, -0.2) is 42.1 Å². The summed E-state index contributed by atoms with van der Waals surface area (Å²) in [4.78, 5) is 18.2. The molecule has 0 spiro atoms. The number of nitrogens with one attached hydrogen (secondary N) is 1. The summed E-state index contributed by atoms with van der Waals surface area (Å²) in [6, 6.07) is 3.93. The second kappa shape index (κ2) is 6.52. The molecule has 1 fully saturated rings. The molecule has 104 valence electrons. The molecule has 1 aliphatic heterocycles. The highest BCUT2D eigenvalue weighted by Gasteiger charge is 2.31. The Morgan fingerprint density at radius 1 is 1.58 bits per heavy atom. The number of carbonyl (C=O) groups excluding carboxylic acids is 1. The van der Waals surface area contributed by atoms with Crippen LogP contribution in [0.5, 0.6) is 0 Å². The second-order valence-corrected chi connectivity index (χ2v) is 4.73. The Balaban J connectivity index is 1.98. The van der Waals surface area contributed by atoms with Crippen molar-refractivity contribution in [2.45, 2.75) is 32.4 Å². The maximum absolute atomic E-state index is 11.7. The van der Waals surface area contributed by atoms with E-state index in [1.165, 1.54) is 7.11 Å². The second-order valence-electron chi connectivity index (χ2n) is 4.73. The van der Waals surface area contributed by atoms with E-state index in [1.54, 1.807) is 0 Å². The molecule has 19 heavy (non-hydrogen) atoms. The maximum Gasteiger partial charge on any atom is 0.323 e. The summed E-state index contributed by atoms with van der Waals surface area (Å²) in [7, 11) is 1.45. The normalized spacial score (nSPS) is 19.4. The topological polar surface area (TPSA) is 54.5 Å². The van der Waals surface area contributed by atoms with Gasteiger partial charge in [0.25, 0.3) is 0 Å². The molecule has 0 radical (unpaired) electrons. The molecular weight excluding hydrogens is 242 g/mol. The molecule has 1 aromatic heterocycles. The number of nitrogens with zero attached hydrogens (tertiary/aromatic N) is 2. The molecule has 0 saturated carbocycles. The monoisotopic (exact) mass is 263 g/mol. The molecule has 2 rings (SSSR count). The molecular formula is C14H21N3O2. The quantitative estimate of drug-likeness (QED) is 0.819. The Labute approximate surface area is 114 Å². The Hall–Kier alpha value is -1.62. The SMILES string of the molecule is CCNc1ccc(CN2CCCC2C(=O)OC)cn1. The van der Waals surface area contributed by atoms with Crippen LogP contribution < -0.4 is 5.32 Å². The van der Waals surface area contributed by atoms with Gasteiger partial charge in [-0.25, -0.2) is 4.98 Å². The number of rotatable bonds is 5. The Morgan fingerprint density at radius 2 is 2.42 bits per heavy atom. The number of ether oxygens (including phenoxy) is 1. The first-order valence-corrected chi connectivity index (χ1v) is 6.75. The molecule has 1 aromatic rings. The Morgan fingerprint density at radius 3 is 3.05 bits per heavy atom. The predicted molar refractivity (Wildman–Crippen MR) is 73.8 cm³/mol. The Bertz CT molecular complexity index is 419. The fourth-order valence-electron chi connectivity index (χ4n) is 2.46. The molecule has 1 atom stereocenters. The number of hydrogen-bond donors (Lipinski definition) is 1. The van der Waals surface area contributed by atoms with Crippen molar-refractivity contribution in [3.05, 3.63) is 23.9 Å². The Kier molecular flexibility index (Phi) is 4.74. The molecule has 0 aromatic carbocycles. The van der Waals surface area contributed by atoms with Crippen molar-refractivity contribution in [2.75, 3.05) is 25.5 Å². The molecule has 5 heteroatoms. The molecule has 1 N–H and O–H groups in total. The number of hydrogen-bond acceptors (Lipinski definition) is 5. The zero-order valence-electron chi connectivity index (χ0n) is 11.6. The number of aromatic nitrogens is 1. The standard InChI is InChI=1S/C14H21N3O2/c1-3-15-13-7-6-11(9-16-13)10-17-8-4-5-12(17)14(18)19-2/h6-7,9,12H,3-5,8,10H2,1-2H3,(H,15,16). The van der Waals surface area contributed by atoms with Gasteiger partial charge < -0.3 is 10.1 Å². The summed E-state index contributed by atoms with van der Waals surface area (Å²) in [6.45, 7) is 4.59. The highest BCUT2D eigenvalue weighted by molar-refractivity contribution is 5.75. The van der Waals surface area contributed by atoms with Crippen molar-refractivity contribution in [2.24, 2.45) is 0 Å². The van der Waals surface area contributed by atoms with Gasteiger partial charge in [-0.05, 0) is 37.9 Å². The van der Waals surface area contributed by atoms with E-state index in [0.717, 1.165) is 43.9 Å². The van der Waals surface area contributed by atoms with Crippen LogP contribution in [0.25, 0.3) is 0 Å². The number of anilines is 1. The minimum atomic E-state index is -0.130. The van der Waals surface area contributed by atoms with Gasteiger partial charge in [0.05, 0.1) is 7.11 Å². The van der Waals surface area contributed by atoms with E-state index in [-0.39, 0.29) is 12.0 Å². The first-order valence-electron chi connectivity index (χ1n) is 6.75. The fourth-order valence-corrected chi connectivity index (χ4v) is 2.46. The van der Waals surface area contributed by atoms with E-state index in [9.17, 15) is 4.79 Å². The van der Waals surface area contributed by atoms with Crippen LogP contribution in [0.15, 0.2) is 18.3 Å². The molecule has 0 bridgehead atoms. The number of esters is 1. The summed E-state index contributed by atoms with van der Waals surface area (Å²) >= 11 is 0. The lowest BCUT2D eigenvalue weighted by Gasteiger charge is -2.22. The first-order chi connectivity index (χ1) is 9.24. The van der Waals surface area contributed by atoms with E-state index in [4.69, 9.17) is 4.74 Å². The summed E-state index contributed by atoms with van der Waals surface area (Å²) in [5.74, 6) is 0.756. The van der Waals surface area contributed by atoms with Crippen molar-refractivity contribution in [3.8, 4) is 0 Å². The molecule has 0 amide bonds. The van der Waals surface area contributed by atoms with Gasteiger partial charge in [0.1, 0.15) is 11.9 Å². The van der Waals surface area contributed by atoms with Crippen LogP contribution >= 0.6 is 0 Å². The van der Waals surface area contributed by atoms with Crippen molar-refractivity contribution in [3.63, 3.8) is 0 Å². The average molecular weight is 263 g/mol. The van der Waals surface area contributed by atoms with E-state index < -0.39 is 0 Å². The van der Waals surface area contributed by atoms with Crippen molar-refractivity contribution >= 4 is 11.8 Å². The minimum Gasteiger partial charge on any atom is -0.468 e. The molecule has 5 nitrogen and oxygen atoms in total. The van der Waals surface area contributed by atoms with Crippen molar-refractivity contribution in [1.82, 2.24) is 9.88 Å². The lowest BCUT2D eigenvalue weighted by molar-refractivity contribution is -0.146. The fraction of sp³-hybridized carbons (Fsp3) is 0.571. The summed E-state index contributed by atoms with van der Waals surface area (Å²) in [5, 5.41) is 3.17. The minimum absolute atomic E-state index is 0.0987. The van der Waals surface area contributed by atoms with Crippen LogP contribution in [0, 0.1) is 0 Å². The largest absolute Gasteiger partial charge is 0.468 e.